The highest BCUT2D eigenvalue weighted by Crippen LogP contribution is 2.30. The zero-order chi connectivity index (χ0) is 19.6. The topological polar surface area (TPSA) is 95.7 Å². The number of nitrogens with two attached hydrogens (primary N) is 1. The molecule has 1 unspecified atom stereocenters. The fourth-order valence-electron chi connectivity index (χ4n) is 3.80. The number of anilines is 1. The van der Waals surface area contributed by atoms with E-state index < -0.39 is 11.9 Å². The first-order valence-corrected chi connectivity index (χ1v) is 9.59. The first-order chi connectivity index (χ1) is 12.9. The minimum Gasteiger partial charge on any atom is -0.366 e. The molecule has 0 spiro atoms. The number of nitrogens with zero attached hydrogens (tertiary/aromatic N) is 2. The number of hydrogen-bond donors (Lipinski definition) is 2. The van der Waals surface area contributed by atoms with Crippen molar-refractivity contribution < 1.29 is 14.4 Å². The molecule has 1 aromatic carbocycles. The Balaban J connectivity index is 1.69. The standard InChI is InChI=1S/C19H24N4O3S/c1-22-18(26)15(23(19(22)27)14-5-3-2-4-6-14)11-16(24)21-13-9-7-12(8-10-13)17(20)25/h7-10,14-15H,2-6,11H2,1H3,(H2,20,25)(H,21,24). The van der Waals surface area contributed by atoms with Gasteiger partial charge in [0, 0.05) is 24.3 Å². The van der Waals surface area contributed by atoms with Crippen LogP contribution in [0.25, 0.3) is 0 Å². The first-order valence-electron chi connectivity index (χ1n) is 9.18. The molecule has 1 saturated carbocycles. The average molecular weight is 388 g/mol. The molecule has 2 aliphatic rings. The molecule has 8 heteroatoms. The van der Waals surface area contributed by atoms with Crippen LogP contribution in [0.2, 0.25) is 0 Å². The van der Waals surface area contributed by atoms with E-state index in [0.717, 1.165) is 25.7 Å². The quantitative estimate of drug-likeness (QED) is 0.751. The van der Waals surface area contributed by atoms with Gasteiger partial charge < -0.3 is 16.0 Å². The second-order valence-corrected chi connectivity index (χ2v) is 7.45. The molecule has 0 bridgehead atoms. The molecule has 1 aromatic rings. The Kier molecular flexibility index (Phi) is 5.74. The molecule has 1 heterocycles. The van der Waals surface area contributed by atoms with Crippen LogP contribution in [0.15, 0.2) is 24.3 Å². The molecule has 27 heavy (non-hydrogen) atoms. The van der Waals surface area contributed by atoms with E-state index in [9.17, 15) is 14.4 Å². The summed E-state index contributed by atoms with van der Waals surface area (Å²) < 4.78 is 0. The number of carbonyl (C=O) groups is 3. The maximum absolute atomic E-state index is 12.6. The normalized spacial score (nSPS) is 20.9. The van der Waals surface area contributed by atoms with Crippen molar-refractivity contribution in [3.63, 3.8) is 0 Å². The van der Waals surface area contributed by atoms with Crippen LogP contribution >= 0.6 is 12.2 Å². The molecule has 2 fully saturated rings. The minimum absolute atomic E-state index is 0.0391. The van der Waals surface area contributed by atoms with Crippen LogP contribution in [0, 0.1) is 0 Å². The Bertz CT molecular complexity index is 759. The van der Waals surface area contributed by atoms with Gasteiger partial charge in [-0.15, -0.1) is 0 Å². The van der Waals surface area contributed by atoms with Gasteiger partial charge in [0.15, 0.2) is 5.11 Å². The molecule has 3 amide bonds. The Morgan fingerprint density at radius 2 is 1.81 bits per heavy atom. The van der Waals surface area contributed by atoms with Gasteiger partial charge in [-0.05, 0) is 49.3 Å². The summed E-state index contributed by atoms with van der Waals surface area (Å²) in [6, 6.07) is 5.99. The van der Waals surface area contributed by atoms with Gasteiger partial charge in [-0.3, -0.25) is 19.3 Å². The van der Waals surface area contributed by atoms with E-state index in [1.165, 1.54) is 11.3 Å². The van der Waals surface area contributed by atoms with Gasteiger partial charge in [0.1, 0.15) is 6.04 Å². The molecule has 0 aromatic heterocycles. The van der Waals surface area contributed by atoms with Crippen molar-refractivity contribution in [2.24, 2.45) is 5.73 Å². The van der Waals surface area contributed by atoms with Crippen LogP contribution in [-0.2, 0) is 9.59 Å². The van der Waals surface area contributed by atoms with Crippen molar-refractivity contribution >= 4 is 40.7 Å². The zero-order valence-corrected chi connectivity index (χ0v) is 16.1. The van der Waals surface area contributed by atoms with Gasteiger partial charge in [-0.1, -0.05) is 19.3 Å². The molecule has 1 saturated heterocycles. The predicted molar refractivity (Wildman–Crippen MR) is 106 cm³/mol. The summed E-state index contributed by atoms with van der Waals surface area (Å²) in [5, 5.41) is 3.29. The molecule has 3 rings (SSSR count). The van der Waals surface area contributed by atoms with Crippen LogP contribution in [-0.4, -0.2) is 51.8 Å². The summed E-state index contributed by atoms with van der Waals surface area (Å²) in [6.45, 7) is 0. The molecular weight excluding hydrogens is 364 g/mol. The number of thiocarbonyl (C=S) groups is 1. The highest BCUT2D eigenvalue weighted by molar-refractivity contribution is 7.80. The maximum atomic E-state index is 12.6. The smallest absolute Gasteiger partial charge is 0.251 e. The zero-order valence-electron chi connectivity index (χ0n) is 15.3. The van der Waals surface area contributed by atoms with Gasteiger partial charge in [-0.25, -0.2) is 0 Å². The van der Waals surface area contributed by atoms with E-state index in [1.807, 2.05) is 4.90 Å². The lowest BCUT2D eigenvalue weighted by atomic mass is 9.93. The molecule has 3 N–H and O–H groups in total. The summed E-state index contributed by atoms with van der Waals surface area (Å²) in [5.74, 6) is -0.923. The predicted octanol–water partition coefficient (Wildman–Crippen LogP) is 1.87. The monoisotopic (exact) mass is 388 g/mol. The Labute approximate surface area is 163 Å². The van der Waals surface area contributed by atoms with E-state index in [4.69, 9.17) is 18.0 Å². The second-order valence-electron chi connectivity index (χ2n) is 7.09. The van der Waals surface area contributed by atoms with Gasteiger partial charge in [0.25, 0.3) is 5.91 Å². The number of benzene rings is 1. The fraction of sp³-hybridized carbons (Fsp3) is 0.474. The highest BCUT2D eigenvalue weighted by atomic mass is 32.1. The molecule has 144 valence electrons. The lowest BCUT2D eigenvalue weighted by Gasteiger charge is -2.35. The SMILES string of the molecule is CN1C(=O)C(CC(=O)Nc2ccc(C(N)=O)cc2)N(C2CCCCC2)C1=S. The number of carbonyl (C=O) groups excluding carboxylic acids is 3. The number of hydrogen-bond acceptors (Lipinski definition) is 4. The summed E-state index contributed by atoms with van der Waals surface area (Å²) in [4.78, 5) is 39.7. The Hall–Kier alpha value is -2.48. The van der Waals surface area contributed by atoms with Gasteiger partial charge >= 0.3 is 0 Å². The van der Waals surface area contributed by atoms with Crippen LogP contribution in [0.4, 0.5) is 5.69 Å². The van der Waals surface area contributed by atoms with Gasteiger partial charge in [0.2, 0.25) is 11.8 Å². The van der Waals surface area contributed by atoms with Crippen LogP contribution < -0.4 is 11.1 Å². The van der Waals surface area contributed by atoms with E-state index >= 15 is 0 Å². The van der Waals surface area contributed by atoms with Crippen molar-refractivity contribution in [2.45, 2.75) is 50.6 Å². The van der Waals surface area contributed by atoms with Crippen LogP contribution in [0.3, 0.4) is 0 Å². The summed E-state index contributed by atoms with van der Waals surface area (Å²) in [5.41, 5.74) is 6.14. The summed E-state index contributed by atoms with van der Waals surface area (Å²) in [7, 11) is 1.67. The van der Waals surface area contributed by atoms with Gasteiger partial charge in [-0.2, -0.15) is 0 Å². The number of likely N-dealkylation sites (N-methyl/N-ethyl adjacent to an activating group) is 1. The molecule has 1 atom stereocenters. The van der Waals surface area contributed by atoms with Crippen molar-refractivity contribution in [3.05, 3.63) is 29.8 Å². The second kappa shape index (κ2) is 8.04. The van der Waals surface area contributed by atoms with Crippen molar-refractivity contribution in [1.29, 1.82) is 0 Å². The van der Waals surface area contributed by atoms with E-state index in [1.54, 1.807) is 31.3 Å². The third-order valence-electron chi connectivity index (χ3n) is 5.26. The molecule has 0 radical (unpaired) electrons. The van der Waals surface area contributed by atoms with E-state index in [2.05, 4.69) is 5.32 Å². The fourth-order valence-corrected chi connectivity index (χ4v) is 4.17. The first kappa shape index (κ1) is 19.3. The molecular formula is C19H24N4O3S. The maximum Gasteiger partial charge on any atom is 0.251 e. The number of rotatable bonds is 5. The van der Waals surface area contributed by atoms with Crippen LogP contribution in [0.5, 0.6) is 0 Å². The Morgan fingerprint density at radius 1 is 1.19 bits per heavy atom. The molecule has 1 aliphatic carbocycles. The van der Waals surface area contributed by atoms with E-state index in [0.29, 0.717) is 16.4 Å². The largest absolute Gasteiger partial charge is 0.366 e. The number of nitrogens with one attached hydrogen (secondary N) is 1. The molecule has 1 aliphatic heterocycles. The minimum atomic E-state index is -0.560. The summed E-state index contributed by atoms with van der Waals surface area (Å²) >= 11 is 5.47. The number of primary amides is 1. The van der Waals surface area contributed by atoms with Crippen molar-refractivity contribution in [2.75, 3.05) is 12.4 Å². The Morgan fingerprint density at radius 3 is 2.41 bits per heavy atom. The average Bonchev–Trinajstić information content (AvgIpc) is 2.86. The van der Waals surface area contributed by atoms with Crippen LogP contribution in [0.1, 0.15) is 48.9 Å². The van der Waals surface area contributed by atoms with Crippen molar-refractivity contribution in [1.82, 2.24) is 9.80 Å². The molecule has 7 nitrogen and oxygen atoms in total. The van der Waals surface area contributed by atoms with Crippen molar-refractivity contribution in [3.8, 4) is 0 Å². The lowest BCUT2D eigenvalue weighted by molar-refractivity contribution is -0.130. The highest BCUT2D eigenvalue weighted by Gasteiger charge is 2.44. The van der Waals surface area contributed by atoms with Gasteiger partial charge in [0.05, 0.1) is 6.42 Å². The third kappa shape index (κ3) is 4.10. The summed E-state index contributed by atoms with van der Waals surface area (Å²) in [6.07, 6.45) is 5.46. The van der Waals surface area contributed by atoms with E-state index in [-0.39, 0.29) is 24.3 Å². The number of amides is 3. The lowest BCUT2D eigenvalue weighted by Crippen LogP contribution is -2.45. The third-order valence-corrected chi connectivity index (χ3v) is 5.74.